The highest BCUT2D eigenvalue weighted by atomic mass is 32.2. The molecule has 1 amide bonds. The first kappa shape index (κ1) is 28.7. The molecule has 3 aliphatic rings. The summed E-state index contributed by atoms with van der Waals surface area (Å²) >= 11 is 1.73. The van der Waals surface area contributed by atoms with E-state index in [0.29, 0.717) is 23.1 Å². The number of fused-ring (bicyclic) bond motifs is 1. The monoisotopic (exact) mass is 575 g/mol. The van der Waals surface area contributed by atoms with Crippen LogP contribution in [-0.4, -0.2) is 88.3 Å². The minimum Gasteiger partial charge on any atom is -0.494 e. The van der Waals surface area contributed by atoms with Gasteiger partial charge in [0.2, 0.25) is 11.9 Å². The zero-order chi connectivity index (χ0) is 28.8. The van der Waals surface area contributed by atoms with Gasteiger partial charge in [-0.05, 0) is 41.3 Å². The third-order valence-corrected chi connectivity index (χ3v) is 8.42. The summed E-state index contributed by atoms with van der Waals surface area (Å²) < 4.78 is 11.3. The molecule has 2 aromatic carbocycles. The van der Waals surface area contributed by atoms with Gasteiger partial charge in [0, 0.05) is 52.0 Å². The average molecular weight is 576 g/mol. The lowest BCUT2D eigenvalue weighted by atomic mass is 9.99. The third-order valence-electron chi connectivity index (χ3n) is 7.33. The van der Waals surface area contributed by atoms with Crippen molar-refractivity contribution in [3.63, 3.8) is 0 Å². The van der Waals surface area contributed by atoms with Crippen molar-refractivity contribution in [3.05, 3.63) is 66.1 Å². The number of thioether (sulfide) groups is 1. The van der Waals surface area contributed by atoms with Crippen LogP contribution in [-0.2, 0) is 9.53 Å². The largest absolute Gasteiger partial charge is 0.494 e. The van der Waals surface area contributed by atoms with Crippen LogP contribution in [0.25, 0.3) is 0 Å². The summed E-state index contributed by atoms with van der Waals surface area (Å²) in [6, 6.07) is 12.0. The number of anilines is 4. The van der Waals surface area contributed by atoms with E-state index >= 15 is 0 Å². The summed E-state index contributed by atoms with van der Waals surface area (Å²) in [7, 11) is 5.55. The SMILES string of the molecule is C=CC(=O)Nc1cc(NC2=NC(c3cccc(NC)c3)C3SC=CC3=N2)c(OC)cc1N(C)CCN1CCOCC1. The number of hydrogen-bond acceptors (Lipinski definition) is 10. The Balaban J connectivity index is 1.44. The fraction of sp³-hybridized carbons (Fsp3) is 0.367. The summed E-state index contributed by atoms with van der Waals surface area (Å²) in [6.45, 7) is 8.62. The van der Waals surface area contributed by atoms with Crippen LogP contribution < -0.4 is 25.6 Å². The maximum Gasteiger partial charge on any atom is 0.247 e. The first-order valence-electron chi connectivity index (χ1n) is 13.7. The Morgan fingerprint density at radius 2 is 2.10 bits per heavy atom. The number of allylic oxidation sites excluding steroid dienone is 1. The van der Waals surface area contributed by atoms with Gasteiger partial charge in [-0.15, -0.1) is 11.8 Å². The van der Waals surface area contributed by atoms with Crippen LogP contribution in [0.2, 0.25) is 0 Å². The second kappa shape index (κ2) is 13.2. The molecule has 0 bridgehead atoms. The molecular formula is C30H37N7O3S. The number of hydrogen-bond donors (Lipinski definition) is 3. The molecule has 3 aliphatic heterocycles. The molecule has 2 aromatic rings. The van der Waals surface area contributed by atoms with E-state index in [1.54, 1.807) is 18.9 Å². The fourth-order valence-corrected chi connectivity index (χ4v) is 6.05. The van der Waals surface area contributed by atoms with Crippen LogP contribution in [0.5, 0.6) is 5.75 Å². The van der Waals surface area contributed by atoms with E-state index in [2.05, 4.69) is 49.9 Å². The first-order valence-corrected chi connectivity index (χ1v) is 14.6. The highest BCUT2D eigenvalue weighted by Gasteiger charge is 2.33. The number of rotatable bonds is 10. The highest BCUT2D eigenvalue weighted by Crippen LogP contribution is 2.41. The Morgan fingerprint density at radius 1 is 1.27 bits per heavy atom. The second-order valence-corrected chi connectivity index (χ2v) is 11.0. The molecule has 5 rings (SSSR count). The summed E-state index contributed by atoms with van der Waals surface area (Å²) in [6.07, 6.45) is 3.31. The van der Waals surface area contributed by atoms with Gasteiger partial charge >= 0.3 is 0 Å². The molecule has 216 valence electrons. The zero-order valence-electron chi connectivity index (χ0n) is 23.7. The molecule has 0 aromatic heterocycles. The number of carbonyl (C=O) groups excluding carboxylic acids is 1. The van der Waals surface area contributed by atoms with Crippen LogP contribution in [0.15, 0.2) is 70.5 Å². The molecule has 3 heterocycles. The third kappa shape index (κ3) is 6.75. The number of benzene rings is 2. The van der Waals surface area contributed by atoms with Gasteiger partial charge in [-0.1, -0.05) is 18.7 Å². The minimum atomic E-state index is -0.292. The van der Waals surface area contributed by atoms with Crippen LogP contribution in [0.1, 0.15) is 11.6 Å². The zero-order valence-corrected chi connectivity index (χ0v) is 24.5. The molecule has 0 aliphatic carbocycles. The predicted octanol–water partition coefficient (Wildman–Crippen LogP) is 4.22. The minimum absolute atomic E-state index is 0.111. The molecule has 2 unspecified atom stereocenters. The smallest absolute Gasteiger partial charge is 0.247 e. The van der Waals surface area contributed by atoms with E-state index in [9.17, 15) is 4.79 Å². The van der Waals surface area contributed by atoms with Crippen molar-refractivity contribution in [3.8, 4) is 5.75 Å². The van der Waals surface area contributed by atoms with Crippen molar-refractivity contribution < 1.29 is 14.3 Å². The number of methoxy groups -OCH3 is 1. The second-order valence-electron chi connectivity index (χ2n) is 9.93. The Kier molecular flexibility index (Phi) is 9.28. The van der Waals surface area contributed by atoms with Gasteiger partial charge in [-0.2, -0.15) is 0 Å². The molecule has 0 saturated carbocycles. The maximum absolute atomic E-state index is 12.4. The first-order chi connectivity index (χ1) is 20.0. The molecule has 41 heavy (non-hydrogen) atoms. The summed E-state index contributed by atoms with van der Waals surface area (Å²) in [5.41, 5.74) is 5.23. The van der Waals surface area contributed by atoms with Gasteiger partial charge < -0.3 is 30.3 Å². The van der Waals surface area contributed by atoms with Gasteiger partial charge in [0.25, 0.3) is 0 Å². The number of aliphatic imine (C=N–C) groups is 2. The molecular weight excluding hydrogens is 538 g/mol. The number of carbonyl (C=O) groups is 1. The molecule has 0 radical (unpaired) electrons. The van der Waals surface area contributed by atoms with E-state index in [1.807, 2.05) is 44.4 Å². The lowest BCUT2D eigenvalue weighted by molar-refractivity contribution is -0.111. The molecule has 11 heteroatoms. The molecule has 10 nitrogen and oxygen atoms in total. The van der Waals surface area contributed by atoms with Crippen LogP contribution in [0.3, 0.4) is 0 Å². The number of guanidine groups is 1. The van der Waals surface area contributed by atoms with E-state index in [-0.39, 0.29) is 17.2 Å². The quantitative estimate of drug-likeness (QED) is 0.362. The van der Waals surface area contributed by atoms with Gasteiger partial charge in [0.1, 0.15) is 5.75 Å². The lowest BCUT2D eigenvalue weighted by Crippen LogP contribution is -2.40. The predicted molar refractivity (Wildman–Crippen MR) is 170 cm³/mol. The van der Waals surface area contributed by atoms with Gasteiger partial charge in [0.15, 0.2) is 0 Å². The van der Waals surface area contributed by atoms with Crippen molar-refractivity contribution in [2.75, 3.05) is 81.4 Å². The molecule has 0 spiro atoms. The van der Waals surface area contributed by atoms with Crippen LogP contribution >= 0.6 is 11.8 Å². The van der Waals surface area contributed by atoms with Gasteiger partial charge in [-0.3, -0.25) is 9.69 Å². The van der Waals surface area contributed by atoms with Crippen molar-refractivity contribution in [2.45, 2.75) is 11.3 Å². The normalized spacial score (nSPS) is 20.0. The highest BCUT2D eigenvalue weighted by molar-refractivity contribution is 8.04. The number of amides is 1. The molecule has 1 saturated heterocycles. The number of likely N-dealkylation sites (N-methyl/N-ethyl adjacent to an activating group) is 1. The van der Waals surface area contributed by atoms with Gasteiger partial charge in [-0.25, -0.2) is 9.98 Å². The average Bonchev–Trinajstić information content (AvgIpc) is 3.49. The molecule has 2 atom stereocenters. The van der Waals surface area contributed by atoms with E-state index in [1.165, 1.54) is 6.08 Å². The number of morpholine rings is 1. The van der Waals surface area contributed by atoms with Gasteiger partial charge in [0.05, 0.1) is 54.4 Å². The van der Waals surface area contributed by atoms with Crippen LogP contribution in [0, 0.1) is 0 Å². The van der Waals surface area contributed by atoms with Crippen LogP contribution in [0.4, 0.5) is 22.7 Å². The van der Waals surface area contributed by atoms with E-state index < -0.39 is 0 Å². The fourth-order valence-electron chi connectivity index (χ4n) is 5.03. The summed E-state index contributed by atoms with van der Waals surface area (Å²) in [5.74, 6) is 0.806. The van der Waals surface area contributed by atoms with E-state index in [4.69, 9.17) is 19.5 Å². The Morgan fingerprint density at radius 3 is 2.85 bits per heavy atom. The van der Waals surface area contributed by atoms with Crippen molar-refractivity contribution >= 4 is 52.1 Å². The summed E-state index contributed by atoms with van der Waals surface area (Å²) in [5, 5.41) is 11.7. The molecule has 3 N–H and O–H groups in total. The topological polar surface area (TPSA) is 103 Å². The Hall–Kier alpha value is -3.80. The van der Waals surface area contributed by atoms with Crippen molar-refractivity contribution in [2.24, 2.45) is 9.98 Å². The van der Waals surface area contributed by atoms with Crippen molar-refractivity contribution in [1.29, 1.82) is 0 Å². The lowest BCUT2D eigenvalue weighted by Gasteiger charge is -2.30. The van der Waals surface area contributed by atoms with Crippen molar-refractivity contribution in [1.82, 2.24) is 4.90 Å². The Labute approximate surface area is 245 Å². The number of nitrogens with one attached hydrogen (secondary N) is 3. The number of nitrogens with zero attached hydrogens (tertiary/aromatic N) is 4. The number of ether oxygens (including phenoxy) is 2. The maximum atomic E-state index is 12.4. The molecule has 1 fully saturated rings. The standard InChI is InChI=1S/C30H37N7O3S/c1-5-27(38)32-23-18-24(26(39-4)19-25(23)36(3)10-11-37-12-14-40-15-13-37)34-30-33-22-9-16-41-29(22)28(35-30)20-7-6-8-21(17-20)31-2/h5-9,16-19,28-29,31H,1,10-15H2,2-4H3,(H,32,38)(H,34,35). The Bertz CT molecular complexity index is 1370. The summed E-state index contributed by atoms with van der Waals surface area (Å²) in [4.78, 5) is 26.8. The van der Waals surface area contributed by atoms with E-state index in [0.717, 1.165) is 62.0 Å².